The van der Waals surface area contributed by atoms with E-state index in [1.165, 1.54) is 0 Å². The highest BCUT2D eigenvalue weighted by atomic mass is 16.5. The molecule has 1 N–H and O–H groups in total. The van der Waals surface area contributed by atoms with Crippen molar-refractivity contribution in [3.63, 3.8) is 0 Å². The Morgan fingerprint density at radius 3 is 2.71 bits per heavy atom. The summed E-state index contributed by atoms with van der Waals surface area (Å²) in [7, 11) is 3.22. The molecule has 1 aliphatic heterocycles. The van der Waals surface area contributed by atoms with Gasteiger partial charge in [-0.15, -0.1) is 0 Å². The quantitative estimate of drug-likeness (QED) is 0.588. The molecule has 1 atom stereocenters. The van der Waals surface area contributed by atoms with Crippen molar-refractivity contribution in [2.45, 2.75) is 38.3 Å². The number of nitrogens with one attached hydrogen (secondary N) is 1. The van der Waals surface area contributed by atoms with Gasteiger partial charge in [-0.05, 0) is 44.0 Å². The van der Waals surface area contributed by atoms with Crippen molar-refractivity contribution in [3.8, 4) is 11.5 Å². The average Bonchev–Trinajstić information content (AvgIpc) is 2.80. The van der Waals surface area contributed by atoms with Crippen molar-refractivity contribution in [2.24, 2.45) is 0 Å². The van der Waals surface area contributed by atoms with E-state index in [1.54, 1.807) is 32.4 Å². The highest BCUT2D eigenvalue weighted by Gasteiger charge is 2.25. The number of rotatable bonds is 10. The van der Waals surface area contributed by atoms with Crippen LogP contribution in [-0.4, -0.2) is 68.4 Å². The first-order valence-electron chi connectivity index (χ1n) is 10.9. The predicted molar refractivity (Wildman–Crippen MR) is 120 cm³/mol. The molecule has 3 rings (SSSR count). The molecule has 0 radical (unpaired) electrons. The Morgan fingerprint density at radius 2 is 2.03 bits per heavy atom. The molecule has 2 aromatic rings. The molecule has 0 saturated carbocycles. The standard InChI is InChI=1S/C24H33N3O4/c1-18(16-19-6-4-5-11-25-19)27-13-9-20(10-14-27)31-23-17-21(30-3)7-8-22(23)24(28)26-12-15-29-2/h4-8,11,17-18,20H,9-10,12-16H2,1-3H3,(H,26,28)/t18-/m0/s1. The fraction of sp³-hybridized carbons (Fsp3) is 0.500. The number of hydrogen-bond acceptors (Lipinski definition) is 6. The summed E-state index contributed by atoms with van der Waals surface area (Å²) in [5.41, 5.74) is 1.64. The van der Waals surface area contributed by atoms with E-state index in [9.17, 15) is 4.79 Å². The van der Waals surface area contributed by atoms with Crippen molar-refractivity contribution in [1.29, 1.82) is 0 Å². The molecule has 1 saturated heterocycles. The molecule has 1 aromatic carbocycles. The Kier molecular flexibility index (Phi) is 8.67. The first kappa shape index (κ1) is 23.0. The van der Waals surface area contributed by atoms with E-state index in [4.69, 9.17) is 14.2 Å². The zero-order valence-corrected chi connectivity index (χ0v) is 18.7. The number of piperidine rings is 1. The smallest absolute Gasteiger partial charge is 0.255 e. The fourth-order valence-corrected chi connectivity index (χ4v) is 3.84. The van der Waals surface area contributed by atoms with Crippen LogP contribution in [0.15, 0.2) is 42.6 Å². The number of pyridine rings is 1. The first-order valence-corrected chi connectivity index (χ1v) is 10.9. The van der Waals surface area contributed by atoms with Gasteiger partial charge in [-0.25, -0.2) is 0 Å². The number of carbonyl (C=O) groups is 1. The van der Waals surface area contributed by atoms with Gasteiger partial charge in [0.1, 0.15) is 17.6 Å². The number of amides is 1. The van der Waals surface area contributed by atoms with Crippen LogP contribution in [0, 0.1) is 0 Å². The number of nitrogens with zero attached hydrogens (tertiary/aromatic N) is 2. The topological polar surface area (TPSA) is 72.9 Å². The second kappa shape index (κ2) is 11.7. The van der Waals surface area contributed by atoms with Crippen LogP contribution >= 0.6 is 0 Å². The maximum Gasteiger partial charge on any atom is 0.255 e. The molecule has 0 aliphatic carbocycles. The minimum atomic E-state index is -0.170. The lowest BCUT2D eigenvalue weighted by molar-refractivity contribution is 0.0772. The lowest BCUT2D eigenvalue weighted by atomic mass is 10.0. The SMILES string of the molecule is COCCNC(=O)c1ccc(OC)cc1OC1CCN([C@@H](C)Cc2ccccn2)CC1. The van der Waals surface area contributed by atoms with E-state index in [0.29, 0.717) is 36.3 Å². The van der Waals surface area contributed by atoms with Gasteiger partial charge in [0, 0.05) is 57.2 Å². The molecule has 1 amide bonds. The third-order valence-electron chi connectivity index (χ3n) is 5.65. The number of likely N-dealkylation sites (tertiary alicyclic amines) is 1. The lowest BCUT2D eigenvalue weighted by Crippen LogP contribution is -2.44. The van der Waals surface area contributed by atoms with E-state index >= 15 is 0 Å². The van der Waals surface area contributed by atoms with Crippen molar-refractivity contribution in [2.75, 3.05) is 40.5 Å². The first-order chi connectivity index (χ1) is 15.1. The van der Waals surface area contributed by atoms with Crippen molar-refractivity contribution < 1.29 is 19.0 Å². The molecule has 1 aliphatic rings. The van der Waals surface area contributed by atoms with Gasteiger partial charge in [-0.1, -0.05) is 6.07 Å². The molecule has 31 heavy (non-hydrogen) atoms. The summed E-state index contributed by atoms with van der Waals surface area (Å²) in [5.74, 6) is 1.07. The van der Waals surface area contributed by atoms with Gasteiger partial charge in [-0.3, -0.25) is 14.7 Å². The molecule has 1 aromatic heterocycles. The van der Waals surface area contributed by atoms with Gasteiger partial charge >= 0.3 is 0 Å². The Hall–Kier alpha value is -2.64. The van der Waals surface area contributed by atoms with Crippen LogP contribution in [0.25, 0.3) is 0 Å². The van der Waals surface area contributed by atoms with Gasteiger partial charge in [0.2, 0.25) is 0 Å². The zero-order valence-electron chi connectivity index (χ0n) is 18.7. The van der Waals surface area contributed by atoms with Crippen LogP contribution in [0.5, 0.6) is 11.5 Å². The van der Waals surface area contributed by atoms with Crippen LogP contribution < -0.4 is 14.8 Å². The number of methoxy groups -OCH3 is 2. The minimum absolute atomic E-state index is 0.0657. The molecule has 0 bridgehead atoms. The molecular weight excluding hydrogens is 394 g/mol. The Bertz CT molecular complexity index is 823. The normalized spacial score (nSPS) is 16.0. The number of carbonyl (C=O) groups excluding carboxylic acids is 1. The number of benzene rings is 1. The minimum Gasteiger partial charge on any atom is -0.497 e. The maximum absolute atomic E-state index is 12.6. The van der Waals surface area contributed by atoms with Gasteiger partial charge in [0.25, 0.3) is 5.91 Å². The molecule has 7 nitrogen and oxygen atoms in total. The summed E-state index contributed by atoms with van der Waals surface area (Å²) in [6.45, 7) is 5.08. The monoisotopic (exact) mass is 427 g/mol. The highest BCUT2D eigenvalue weighted by molar-refractivity contribution is 5.97. The summed E-state index contributed by atoms with van der Waals surface area (Å²) in [6, 6.07) is 11.8. The van der Waals surface area contributed by atoms with E-state index in [2.05, 4.69) is 28.2 Å². The molecule has 2 heterocycles. The maximum atomic E-state index is 12.6. The number of ether oxygens (including phenoxy) is 3. The third kappa shape index (κ3) is 6.67. The summed E-state index contributed by atoms with van der Waals surface area (Å²) >= 11 is 0. The van der Waals surface area contributed by atoms with E-state index in [1.807, 2.05) is 18.3 Å². The van der Waals surface area contributed by atoms with Gasteiger partial charge in [0.15, 0.2) is 0 Å². The largest absolute Gasteiger partial charge is 0.497 e. The van der Waals surface area contributed by atoms with Crippen LogP contribution in [0.2, 0.25) is 0 Å². The lowest BCUT2D eigenvalue weighted by Gasteiger charge is -2.36. The van der Waals surface area contributed by atoms with E-state index in [0.717, 1.165) is 38.0 Å². The van der Waals surface area contributed by atoms with Gasteiger partial charge in [-0.2, -0.15) is 0 Å². The van der Waals surface area contributed by atoms with Crippen LogP contribution in [0.3, 0.4) is 0 Å². The zero-order chi connectivity index (χ0) is 22.1. The average molecular weight is 428 g/mol. The fourth-order valence-electron chi connectivity index (χ4n) is 3.84. The molecule has 0 spiro atoms. The van der Waals surface area contributed by atoms with E-state index in [-0.39, 0.29) is 12.0 Å². The van der Waals surface area contributed by atoms with Crippen LogP contribution in [0.4, 0.5) is 0 Å². The van der Waals surface area contributed by atoms with Gasteiger partial charge < -0.3 is 19.5 Å². The number of hydrogen-bond donors (Lipinski definition) is 1. The van der Waals surface area contributed by atoms with Crippen LogP contribution in [0.1, 0.15) is 35.8 Å². The molecule has 1 fully saturated rings. The molecule has 168 valence electrons. The van der Waals surface area contributed by atoms with Crippen molar-refractivity contribution in [1.82, 2.24) is 15.2 Å². The summed E-state index contributed by atoms with van der Waals surface area (Å²) < 4.78 is 16.6. The van der Waals surface area contributed by atoms with Crippen LogP contribution in [-0.2, 0) is 11.2 Å². The van der Waals surface area contributed by atoms with E-state index < -0.39 is 0 Å². The molecular formula is C24H33N3O4. The summed E-state index contributed by atoms with van der Waals surface area (Å²) in [5, 5.41) is 2.86. The summed E-state index contributed by atoms with van der Waals surface area (Å²) in [4.78, 5) is 19.5. The highest BCUT2D eigenvalue weighted by Crippen LogP contribution is 2.28. The molecule has 7 heteroatoms. The van der Waals surface area contributed by atoms with Crippen molar-refractivity contribution in [3.05, 3.63) is 53.9 Å². The summed E-state index contributed by atoms with van der Waals surface area (Å²) in [6.07, 6.45) is 4.67. The van der Waals surface area contributed by atoms with Crippen molar-refractivity contribution >= 4 is 5.91 Å². The number of aromatic nitrogens is 1. The second-order valence-electron chi connectivity index (χ2n) is 7.84. The Balaban J connectivity index is 1.58. The third-order valence-corrected chi connectivity index (χ3v) is 5.65. The Morgan fingerprint density at radius 1 is 1.23 bits per heavy atom. The Labute approximate surface area is 184 Å². The second-order valence-corrected chi connectivity index (χ2v) is 7.84. The molecule has 0 unspecified atom stereocenters. The van der Waals surface area contributed by atoms with Gasteiger partial charge in [0.05, 0.1) is 19.3 Å². The predicted octanol–water partition coefficient (Wildman–Crippen LogP) is 2.94.